The molecule has 2 aromatic rings. The van der Waals surface area contributed by atoms with Crippen LogP contribution in [0.15, 0.2) is 65.6 Å². The summed E-state index contributed by atoms with van der Waals surface area (Å²) >= 11 is 0. The van der Waals surface area contributed by atoms with Gasteiger partial charge in [-0.2, -0.15) is 4.31 Å². The molecule has 1 aliphatic heterocycles. The van der Waals surface area contributed by atoms with Gasteiger partial charge < -0.3 is 10.4 Å². The maximum Gasteiger partial charge on any atom is 0.256 e. The van der Waals surface area contributed by atoms with E-state index in [-0.39, 0.29) is 29.6 Å². The van der Waals surface area contributed by atoms with Crippen LogP contribution in [0, 0.1) is 23.7 Å². The normalized spacial score (nSPS) is 27.6. The molecular formula is C25H30N2O4S. The van der Waals surface area contributed by atoms with E-state index >= 15 is 0 Å². The van der Waals surface area contributed by atoms with Gasteiger partial charge in [-0.05, 0) is 48.3 Å². The minimum absolute atomic E-state index is 0.0740. The summed E-state index contributed by atoms with van der Waals surface area (Å²) in [7, 11) is -3.46. The van der Waals surface area contributed by atoms with Crippen molar-refractivity contribution in [2.45, 2.75) is 36.2 Å². The SMILES string of the molecule is O=C(NCC1C2CN(S(=O)(=O)c3ccccc3)CC12)C(O)(c1ccccc1)C1CCCC1. The lowest BCUT2D eigenvalue weighted by Gasteiger charge is -2.33. The van der Waals surface area contributed by atoms with Crippen LogP contribution in [0.3, 0.4) is 0 Å². The summed E-state index contributed by atoms with van der Waals surface area (Å²) in [4.78, 5) is 13.6. The van der Waals surface area contributed by atoms with Crippen molar-refractivity contribution in [3.63, 3.8) is 0 Å². The van der Waals surface area contributed by atoms with Gasteiger partial charge in [-0.15, -0.1) is 0 Å². The molecule has 3 aliphatic rings. The monoisotopic (exact) mass is 454 g/mol. The molecule has 7 heteroatoms. The molecule has 2 saturated carbocycles. The first-order valence-corrected chi connectivity index (χ1v) is 13.0. The standard InChI is InChI=1S/C25H30N2O4S/c28-24(25(29,19-11-7-8-12-19)18-9-3-1-4-10-18)26-15-21-22-16-27(17-23(21)22)32(30,31)20-13-5-2-6-14-20/h1-6,9-10,13-14,19,21-23,29H,7-8,11-12,15-17H2,(H,26,28). The number of hydrogen-bond acceptors (Lipinski definition) is 4. The summed E-state index contributed by atoms with van der Waals surface area (Å²) in [6.45, 7) is 1.47. The zero-order valence-electron chi connectivity index (χ0n) is 18.1. The van der Waals surface area contributed by atoms with Gasteiger partial charge in [0.1, 0.15) is 0 Å². The number of benzene rings is 2. The number of sulfonamides is 1. The summed E-state index contributed by atoms with van der Waals surface area (Å²) in [5.41, 5.74) is -0.856. The van der Waals surface area contributed by atoms with Crippen LogP contribution >= 0.6 is 0 Å². The van der Waals surface area contributed by atoms with Crippen LogP contribution in [0.5, 0.6) is 0 Å². The molecule has 2 aliphatic carbocycles. The van der Waals surface area contributed by atoms with Gasteiger partial charge in [0.2, 0.25) is 10.0 Å². The second-order valence-electron chi connectivity index (χ2n) is 9.45. The number of amides is 1. The number of hydrogen-bond donors (Lipinski definition) is 2. The number of carbonyl (C=O) groups is 1. The van der Waals surface area contributed by atoms with Crippen molar-refractivity contribution in [2.24, 2.45) is 23.7 Å². The van der Waals surface area contributed by atoms with E-state index in [1.165, 1.54) is 0 Å². The van der Waals surface area contributed by atoms with Gasteiger partial charge >= 0.3 is 0 Å². The van der Waals surface area contributed by atoms with E-state index in [2.05, 4.69) is 5.32 Å². The third-order valence-corrected chi connectivity index (χ3v) is 9.57. The number of rotatable bonds is 7. The highest BCUT2D eigenvalue weighted by atomic mass is 32.2. The van der Waals surface area contributed by atoms with Crippen molar-refractivity contribution in [3.8, 4) is 0 Å². The zero-order valence-corrected chi connectivity index (χ0v) is 18.9. The first-order valence-electron chi connectivity index (χ1n) is 11.5. The summed E-state index contributed by atoms with van der Waals surface area (Å²) in [5.74, 6) is 0.407. The highest BCUT2D eigenvalue weighted by Gasteiger charge is 2.58. The topological polar surface area (TPSA) is 86.7 Å². The number of aliphatic hydroxyl groups is 1. The second-order valence-corrected chi connectivity index (χ2v) is 11.4. The first kappa shape index (κ1) is 21.6. The second kappa shape index (κ2) is 8.28. The largest absolute Gasteiger partial charge is 0.375 e. The lowest BCUT2D eigenvalue weighted by Crippen LogP contribution is -2.49. The summed E-state index contributed by atoms with van der Waals surface area (Å²) in [6, 6.07) is 17.8. The highest BCUT2D eigenvalue weighted by Crippen LogP contribution is 2.52. The Labute approximate surface area is 189 Å². The van der Waals surface area contributed by atoms with Crippen LogP contribution in [-0.2, 0) is 20.4 Å². The third kappa shape index (κ3) is 3.66. The summed E-state index contributed by atoms with van der Waals surface area (Å²) in [6.07, 6.45) is 3.76. The van der Waals surface area contributed by atoms with Crippen molar-refractivity contribution >= 4 is 15.9 Å². The van der Waals surface area contributed by atoms with E-state index in [4.69, 9.17) is 0 Å². The molecule has 0 radical (unpaired) electrons. The number of piperidine rings is 1. The van der Waals surface area contributed by atoms with Gasteiger partial charge in [-0.25, -0.2) is 8.42 Å². The maximum absolute atomic E-state index is 13.2. The lowest BCUT2D eigenvalue weighted by atomic mass is 9.79. The fourth-order valence-electron chi connectivity index (χ4n) is 5.78. The smallest absolute Gasteiger partial charge is 0.256 e. The van der Waals surface area contributed by atoms with E-state index < -0.39 is 15.6 Å². The van der Waals surface area contributed by atoms with Gasteiger partial charge in [0, 0.05) is 25.6 Å². The number of nitrogens with one attached hydrogen (secondary N) is 1. The Morgan fingerprint density at radius 1 is 0.969 bits per heavy atom. The fourth-order valence-corrected chi connectivity index (χ4v) is 7.32. The Balaban J connectivity index is 1.21. The Kier molecular flexibility index (Phi) is 5.60. The molecule has 6 nitrogen and oxygen atoms in total. The first-order chi connectivity index (χ1) is 15.4. The van der Waals surface area contributed by atoms with Crippen molar-refractivity contribution in [1.29, 1.82) is 0 Å². The van der Waals surface area contributed by atoms with Crippen LogP contribution in [0.4, 0.5) is 0 Å². The molecule has 1 amide bonds. The van der Waals surface area contributed by atoms with E-state index in [0.29, 0.717) is 30.1 Å². The van der Waals surface area contributed by atoms with Gasteiger partial charge in [0.15, 0.2) is 5.60 Å². The van der Waals surface area contributed by atoms with E-state index in [1.807, 2.05) is 30.3 Å². The highest BCUT2D eigenvalue weighted by molar-refractivity contribution is 7.89. The molecule has 0 bridgehead atoms. The van der Waals surface area contributed by atoms with Crippen LogP contribution in [-0.4, -0.2) is 43.4 Å². The van der Waals surface area contributed by atoms with Crippen LogP contribution in [0.2, 0.25) is 0 Å². The molecule has 32 heavy (non-hydrogen) atoms. The molecule has 1 saturated heterocycles. The van der Waals surface area contributed by atoms with Crippen LogP contribution in [0.25, 0.3) is 0 Å². The molecule has 5 rings (SSSR count). The van der Waals surface area contributed by atoms with Crippen molar-refractivity contribution in [1.82, 2.24) is 9.62 Å². The fraction of sp³-hybridized carbons (Fsp3) is 0.480. The van der Waals surface area contributed by atoms with E-state index in [0.717, 1.165) is 25.7 Å². The predicted molar refractivity (Wildman–Crippen MR) is 121 cm³/mol. The van der Waals surface area contributed by atoms with Gasteiger partial charge in [-0.1, -0.05) is 61.4 Å². The average Bonchev–Trinajstić information content (AvgIpc) is 3.23. The van der Waals surface area contributed by atoms with Gasteiger partial charge in [0.25, 0.3) is 5.91 Å². The van der Waals surface area contributed by atoms with Gasteiger partial charge in [-0.3, -0.25) is 4.79 Å². The number of carbonyl (C=O) groups excluding carboxylic acids is 1. The molecule has 3 unspecified atom stereocenters. The Morgan fingerprint density at radius 3 is 2.12 bits per heavy atom. The zero-order chi connectivity index (χ0) is 22.3. The quantitative estimate of drug-likeness (QED) is 0.674. The molecule has 3 fully saturated rings. The molecular weight excluding hydrogens is 424 g/mol. The van der Waals surface area contributed by atoms with Crippen molar-refractivity contribution in [2.75, 3.05) is 19.6 Å². The maximum atomic E-state index is 13.2. The van der Waals surface area contributed by atoms with Gasteiger partial charge in [0.05, 0.1) is 4.90 Å². The number of fused-ring (bicyclic) bond motifs is 1. The third-order valence-electron chi connectivity index (χ3n) is 7.72. The molecule has 1 heterocycles. The van der Waals surface area contributed by atoms with E-state index in [1.54, 1.807) is 34.6 Å². The van der Waals surface area contributed by atoms with Crippen molar-refractivity contribution < 1.29 is 18.3 Å². The summed E-state index contributed by atoms with van der Waals surface area (Å²) in [5, 5.41) is 14.6. The van der Waals surface area contributed by atoms with E-state index in [9.17, 15) is 18.3 Å². The molecule has 2 N–H and O–H groups in total. The predicted octanol–water partition coefficient (Wildman–Crippen LogP) is 2.75. The summed E-state index contributed by atoms with van der Waals surface area (Å²) < 4.78 is 27.2. The minimum Gasteiger partial charge on any atom is -0.375 e. The Bertz CT molecular complexity index is 1060. The average molecular weight is 455 g/mol. The Morgan fingerprint density at radius 2 is 1.53 bits per heavy atom. The molecule has 0 aromatic heterocycles. The van der Waals surface area contributed by atoms with Crippen LogP contribution < -0.4 is 5.32 Å². The minimum atomic E-state index is -3.46. The molecule has 2 aromatic carbocycles. The molecule has 170 valence electrons. The van der Waals surface area contributed by atoms with Crippen LogP contribution in [0.1, 0.15) is 31.2 Å². The molecule has 3 atom stereocenters. The Hall–Kier alpha value is -2.22. The number of nitrogens with zero attached hydrogens (tertiary/aromatic N) is 1. The van der Waals surface area contributed by atoms with Crippen molar-refractivity contribution in [3.05, 3.63) is 66.2 Å². The molecule has 0 spiro atoms. The lowest BCUT2D eigenvalue weighted by molar-refractivity contribution is -0.147.